The normalized spacial score (nSPS) is 20.2. The number of benzene rings is 1. The molecule has 0 saturated carbocycles. The van der Waals surface area contributed by atoms with E-state index in [4.69, 9.17) is 9.26 Å². The zero-order chi connectivity index (χ0) is 15.5. The summed E-state index contributed by atoms with van der Waals surface area (Å²) >= 11 is 0. The predicted octanol–water partition coefficient (Wildman–Crippen LogP) is 2.26. The van der Waals surface area contributed by atoms with Gasteiger partial charge >= 0.3 is 0 Å². The molecule has 2 atom stereocenters. The second-order valence-electron chi connectivity index (χ2n) is 5.62. The van der Waals surface area contributed by atoms with E-state index in [1.807, 2.05) is 24.3 Å². The predicted molar refractivity (Wildman–Crippen MR) is 80.5 cm³/mol. The number of ether oxygens (including phenoxy) is 1. The summed E-state index contributed by atoms with van der Waals surface area (Å²) in [5.41, 5.74) is 0.856. The standard InChI is InChI=1S/C16H21N3O3/c1-11-17-16(18-22-11)14-7-4-8-19(14)10-15(20)12-5-3-6-13(9-12)21-2/h3,5-6,9,14-15,20H,4,7-8,10H2,1-2H3/t14-,15-/m1/s1. The number of nitrogens with zero attached hydrogens (tertiary/aromatic N) is 3. The van der Waals surface area contributed by atoms with Gasteiger partial charge in [-0.15, -0.1) is 0 Å². The molecule has 1 saturated heterocycles. The lowest BCUT2D eigenvalue weighted by Gasteiger charge is -2.25. The minimum absolute atomic E-state index is 0.123. The molecule has 2 heterocycles. The molecular weight excluding hydrogens is 282 g/mol. The minimum atomic E-state index is -0.566. The van der Waals surface area contributed by atoms with Crippen molar-refractivity contribution in [3.8, 4) is 5.75 Å². The second kappa shape index (κ2) is 6.46. The van der Waals surface area contributed by atoms with Crippen LogP contribution in [0.3, 0.4) is 0 Å². The first-order chi connectivity index (χ1) is 10.7. The summed E-state index contributed by atoms with van der Waals surface area (Å²) in [7, 11) is 1.63. The summed E-state index contributed by atoms with van der Waals surface area (Å²) in [5.74, 6) is 2.05. The molecule has 0 bridgehead atoms. The molecule has 1 fully saturated rings. The summed E-state index contributed by atoms with van der Waals surface area (Å²) in [6, 6.07) is 7.67. The van der Waals surface area contributed by atoms with Crippen molar-refractivity contribution in [2.24, 2.45) is 0 Å². The van der Waals surface area contributed by atoms with Crippen LogP contribution in [0.25, 0.3) is 0 Å². The number of aliphatic hydroxyl groups is 1. The zero-order valence-corrected chi connectivity index (χ0v) is 12.9. The number of aromatic nitrogens is 2. The number of hydrogen-bond acceptors (Lipinski definition) is 6. The van der Waals surface area contributed by atoms with E-state index < -0.39 is 6.10 Å². The highest BCUT2D eigenvalue weighted by Crippen LogP contribution is 2.32. The highest BCUT2D eigenvalue weighted by atomic mass is 16.5. The van der Waals surface area contributed by atoms with Crippen molar-refractivity contribution < 1.29 is 14.4 Å². The van der Waals surface area contributed by atoms with Crippen molar-refractivity contribution in [1.82, 2.24) is 15.0 Å². The Morgan fingerprint density at radius 3 is 3.09 bits per heavy atom. The smallest absolute Gasteiger partial charge is 0.223 e. The maximum Gasteiger partial charge on any atom is 0.223 e. The summed E-state index contributed by atoms with van der Waals surface area (Å²) < 4.78 is 10.3. The van der Waals surface area contributed by atoms with Crippen molar-refractivity contribution in [3.63, 3.8) is 0 Å². The summed E-state index contributed by atoms with van der Waals surface area (Å²) in [4.78, 5) is 6.55. The third-order valence-electron chi connectivity index (χ3n) is 4.09. The first kappa shape index (κ1) is 15.0. The van der Waals surface area contributed by atoms with Gasteiger partial charge < -0.3 is 14.4 Å². The van der Waals surface area contributed by atoms with E-state index in [0.29, 0.717) is 18.3 Å². The first-order valence-corrected chi connectivity index (χ1v) is 7.53. The molecule has 1 aliphatic rings. The molecule has 118 valence electrons. The van der Waals surface area contributed by atoms with Gasteiger partial charge in [-0.3, -0.25) is 4.90 Å². The van der Waals surface area contributed by atoms with Crippen molar-refractivity contribution in [2.45, 2.75) is 31.9 Å². The van der Waals surface area contributed by atoms with Gasteiger partial charge in [0, 0.05) is 13.5 Å². The molecular formula is C16H21N3O3. The molecule has 3 rings (SSSR count). The van der Waals surface area contributed by atoms with Gasteiger partial charge in [-0.25, -0.2) is 0 Å². The molecule has 6 heteroatoms. The van der Waals surface area contributed by atoms with E-state index in [2.05, 4.69) is 15.0 Å². The summed E-state index contributed by atoms with van der Waals surface area (Å²) in [6.07, 6.45) is 1.50. The molecule has 0 spiro atoms. The Hall–Kier alpha value is -1.92. The van der Waals surface area contributed by atoms with Gasteiger partial charge in [0.25, 0.3) is 0 Å². The number of hydrogen-bond donors (Lipinski definition) is 1. The number of β-amino-alcohol motifs (C(OH)–C–C–N with tert-alkyl or cyclic N) is 1. The number of aliphatic hydroxyl groups excluding tert-OH is 1. The van der Waals surface area contributed by atoms with Crippen LogP contribution < -0.4 is 4.74 Å². The average Bonchev–Trinajstić information content (AvgIpc) is 3.16. The number of likely N-dealkylation sites (tertiary alicyclic amines) is 1. The summed E-state index contributed by atoms with van der Waals surface area (Å²) in [5, 5.41) is 14.5. The third-order valence-corrected chi connectivity index (χ3v) is 4.09. The van der Waals surface area contributed by atoms with Crippen LogP contribution in [0.1, 0.15) is 42.3 Å². The topological polar surface area (TPSA) is 71.6 Å². The van der Waals surface area contributed by atoms with E-state index in [-0.39, 0.29) is 6.04 Å². The van der Waals surface area contributed by atoms with Crippen LogP contribution in [0.4, 0.5) is 0 Å². The molecule has 1 aromatic heterocycles. The van der Waals surface area contributed by atoms with Crippen molar-refractivity contribution in [1.29, 1.82) is 0 Å². The zero-order valence-electron chi connectivity index (χ0n) is 12.9. The van der Waals surface area contributed by atoms with Crippen LogP contribution in [-0.4, -0.2) is 40.3 Å². The van der Waals surface area contributed by atoms with Gasteiger partial charge in [0.15, 0.2) is 5.82 Å². The largest absolute Gasteiger partial charge is 0.497 e. The Labute approximate surface area is 129 Å². The van der Waals surface area contributed by atoms with Crippen molar-refractivity contribution in [2.75, 3.05) is 20.2 Å². The van der Waals surface area contributed by atoms with Crippen LogP contribution in [0.15, 0.2) is 28.8 Å². The molecule has 0 unspecified atom stereocenters. The Kier molecular flexibility index (Phi) is 4.40. The van der Waals surface area contributed by atoms with Gasteiger partial charge in [0.05, 0.1) is 19.3 Å². The van der Waals surface area contributed by atoms with E-state index in [0.717, 1.165) is 30.7 Å². The molecule has 0 aliphatic carbocycles. The molecule has 22 heavy (non-hydrogen) atoms. The van der Waals surface area contributed by atoms with Crippen molar-refractivity contribution >= 4 is 0 Å². The lowest BCUT2D eigenvalue weighted by Crippen LogP contribution is -2.29. The highest BCUT2D eigenvalue weighted by Gasteiger charge is 2.31. The van der Waals surface area contributed by atoms with E-state index in [9.17, 15) is 5.11 Å². The fourth-order valence-electron chi connectivity index (χ4n) is 2.96. The van der Waals surface area contributed by atoms with Gasteiger partial charge in [0.2, 0.25) is 5.89 Å². The van der Waals surface area contributed by atoms with Crippen molar-refractivity contribution in [3.05, 3.63) is 41.5 Å². The van der Waals surface area contributed by atoms with Crippen LogP contribution in [0, 0.1) is 6.92 Å². The van der Waals surface area contributed by atoms with E-state index >= 15 is 0 Å². The molecule has 1 aliphatic heterocycles. The van der Waals surface area contributed by atoms with Gasteiger partial charge in [0.1, 0.15) is 5.75 Å². The third kappa shape index (κ3) is 3.13. The first-order valence-electron chi connectivity index (χ1n) is 7.53. The lowest BCUT2D eigenvalue weighted by atomic mass is 10.1. The molecule has 1 aromatic carbocycles. The SMILES string of the molecule is COc1cccc([C@H](O)CN2CCC[C@@H]2c2noc(C)n2)c1. The fourth-order valence-corrected chi connectivity index (χ4v) is 2.96. The fraction of sp³-hybridized carbons (Fsp3) is 0.500. The average molecular weight is 303 g/mol. The second-order valence-corrected chi connectivity index (χ2v) is 5.62. The molecule has 1 N–H and O–H groups in total. The molecule has 2 aromatic rings. The van der Waals surface area contributed by atoms with E-state index in [1.165, 1.54) is 0 Å². The van der Waals surface area contributed by atoms with Crippen LogP contribution >= 0.6 is 0 Å². The van der Waals surface area contributed by atoms with Gasteiger partial charge in [-0.05, 0) is 37.1 Å². The van der Waals surface area contributed by atoms with E-state index in [1.54, 1.807) is 14.0 Å². The Bertz CT molecular complexity index is 629. The Morgan fingerprint density at radius 2 is 2.36 bits per heavy atom. The number of rotatable bonds is 5. The monoisotopic (exact) mass is 303 g/mol. The van der Waals surface area contributed by atoms with Crippen LogP contribution in [-0.2, 0) is 0 Å². The molecule has 6 nitrogen and oxygen atoms in total. The van der Waals surface area contributed by atoms with Gasteiger partial charge in [-0.1, -0.05) is 17.3 Å². The van der Waals surface area contributed by atoms with Crippen LogP contribution in [0.2, 0.25) is 0 Å². The van der Waals surface area contributed by atoms with Crippen LogP contribution in [0.5, 0.6) is 5.75 Å². The quantitative estimate of drug-likeness (QED) is 0.913. The highest BCUT2D eigenvalue weighted by molar-refractivity contribution is 5.30. The molecule has 0 radical (unpaired) electrons. The Balaban J connectivity index is 1.71. The maximum absolute atomic E-state index is 10.5. The number of aryl methyl sites for hydroxylation is 1. The number of methoxy groups -OCH3 is 1. The maximum atomic E-state index is 10.5. The minimum Gasteiger partial charge on any atom is -0.497 e. The van der Waals surface area contributed by atoms with Gasteiger partial charge in [-0.2, -0.15) is 4.98 Å². The Morgan fingerprint density at radius 1 is 1.50 bits per heavy atom. The molecule has 0 amide bonds. The lowest BCUT2D eigenvalue weighted by molar-refractivity contribution is 0.103. The summed E-state index contributed by atoms with van der Waals surface area (Å²) in [6.45, 7) is 3.27.